The lowest BCUT2D eigenvalue weighted by molar-refractivity contribution is -0.0621. The van der Waals surface area contributed by atoms with Crippen LogP contribution in [0.2, 0.25) is 0 Å². The zero-order valence-electron chi connectivity index (χ0n) is 12.8. The van der Waals surface area contributed by atoms with Gasteiger partial charge in [0.15, 0.2) is 6.23 Å². The van der Waals surface area contributed by atoms with Gasteiger partial charge in [-0.2, -0.15) is 0 Å². The summed E-state index contributed by atoms with van der Waals surface area (Å²) >= 11 is 0. The second-order valence-corrected chi connectivity index (χ2v) is 6.63. The van der Waals surface area contributed by atoms with Crippen molar-refractivity contribution < 1.29 is 28.3 Å². The number of hydrogen-bond donors (Lipinski definition) is 3. The van der Waals surface area contributed by atoms with Gasteiger partial charge in [0, 0.05) is 24.8 Å². The highest BCUT2D eigenvalue weighted by Crippen LogP contribution is 2.40. The van der Waals surface area contributed by atoms with E-state index in [0.717, 1.165) is 0 Å². The fourth-order valence-electron chi connectivity index (χ4n) is 2.54. The Morgan fingerprint density at radius 3 is 2.65 bits per heavy atom. The first-order chi connectivity index (χ1) is 10.6. The fourth-order valence-corrected chi connectivity index (χ4v) is 2.88. The quantitative estimate of drug-likeness (QED) is 0.604. The van der Waals surface area contributed by atoms with Crippen molar-refractivity contribution in [3.05, 3.63) is 32.6 Å². The van der Waals surface area contributed by atoms with Gasteiger partial charge in [-0.15, -0.1) is 0 Å². The van der Waals surface area contributed by atoms with E-state index in [9.17, 15) is 14.2 Å². The molecule has 1 fully saturated rings. The number of phosphoric acid groups is 1. The molecule has 1 aromatic heterocycles. The molecule has 10 nitrogen and oxygen atoms in total. The number of methoxy groups -OCH3 is 1. The molecule has 0 amide bonds. The smallest absolute Gasteiger partial charge is 0.376 e. The molecule has 23 heavy (non-hydrogen) atoms. The van der Waals surface area contributed by atoms with Gasteiger partial charge in [-0.3, -0.25) is 18.9 Å². The molecule has 0 aliphatic carbocycles. The molecule has 0 aromatic carbocycles. The molecule has 1 aliphatic heterocycles. The van der Waals surface area contributed by atoms with E-state index < -0.39 is 37.5 Å². The lowest BCUT2D eigenvalue weighted by Crippen LogP contribution is -2.37. The number of phosphoric ester groups is 1. The SMILES string of the molecule is COC1C(C)C(COP(=O)(O)O)OC1n1cc(C)c(=O)[nH]c1=O. The number of hydrogen-bond acceptors (Lipinski definition) is 6. The number of aryl methyl sites for hydroxylation is 1. The average molecular weight is 350 g/mol. The normalized spacial score (nSPS) is 28.2. The number of aromatic amines is 1. The van der Waals surface area contributed by atoms with Crippen LogP contribution in [0.15, 0.2) is 15.8 Å². The summed E-state index contributed by atoms with van der Waals surface area (Å²) < 4.78 is 27.5. The Bertz CT molecular complexity index is 723. The number of nitrogens with zero attached hydrogens (tertiary/aromatic N) is 1. The van der Waals surface area contributed by atoms with E-state index in [4.69, 9.17) is 19.3 Å². The Morgan fingerprint density at radius 2 is 2.09 bits per heavy atom. The molecule has 2 heterocycles. The third-order valence-electron chi connectivity index (χ3n) is 3.80. The summed E-state index contributed by atoms with van der Waals surface area (Å²) in [7, 11) is -3.19. The summed E-state index contributed by atoms with van der Waals surface area (Å²) in [6.45, 7) is 2.95. The second kappa shape index (κ2) is 6.68. The average Bonchev–Trinajstić information content (AvgIpc) is 2.76. The first kappa shape index (κ1) is 18.1. The van der Waals surface area contributed by atoms with Gasteiger partial charge >= 0.3 is 13.5 Å². The van der Waals surface area contributed by atoms with Crippen molar-refractivity contribution >= 4 is 7.82 Å². The lowest BCUT2D eigenvalue weighted by Gasteiger charge is -2.21. The maximum absolute atomic E-state index is 12.0. The molecule has 4 unspecified atom stereocenters. The molecule has 1 aliphatic rings. The molecular weight excluding hydrogens is 331 g/mol. The van der Waals surface area contributed by atoms with Crippen LogP contribution in [0.4, 0.5) is 0 Å². The van der Waals surface area contributed by atoms with Crippen LogP contribution in [0.3, 0.4) is 0 Å². The molecule has 130 valence electrons. The van der Waals surface area contributed by atoms with E-state index >= 15 is 0 Å². The first-order valence-corrected chi connectivity index (χ1v) is 8.37. The van der Waals surface area contributed by atoms with Gasteiger partial charge in [0.25, 0.3) is 5.56 Å². The van der Waals surface area contributed by atoms with Crippen LogP contribution in [0.5, 0.6) is 0 Å². The first-order valence-electron chi connectivity index (χ1n) is 6.84. The highest BCUT2D eigenvalue weighted by atomic mass is 31.2. The number of ether oxygens (including phenoxy) is 2. The van der Waals surface area contributed by atoms with Gasteiger partial charge in [0.05, 0.1) is 12.7 Å². The summed E-state index contributed by atoms with van der Waals surface area (Å²) in [5, 5.41) is 0. The molecular formula is C12H19N2O8P. The third-order valence-corrected chi connectivity index (χ3v) is 4.28. The predicted octanol–water partition coefficient (Wildman–Crippen LogP) is -0.497. The number of H-pyrrole nitrogens is 1. The van der Waals surface area contributed by atoms with Crippen LogP contribution in [0.1, 0.15) is 18.7 Å². The molecule has 3 N–H and O–H groups in total. The Labute approximate surface area is 131 Å². The Kier molecular flexibility index (Phi) is 5.24. The van der Waals surface area contributed by atoms with Crippen LogP contribution >= 0.6 is 7.82 Å². The molecule has 0 saturated carbocycles. The zero-order chi connectivity index (χ0) is 17.4. The molecule has 11 heteroatoms. The monoisotopic (exact) mass is 350 g/mol. The van der Waals surface area contributed by atoms with Crippen molar-refractivity contribution in [2.24, 2.45) is 5.92 Å². The second-order valence-electron chi connectivity index (χ2n) is 5.39. The van der Waals surface area contributed by atoms with Crippen molar-refractivity contribution in [1.29, 1.82) is 0 Å². The molecule has 0 radical (unpaired) electrons. The van der Waals surface area contributed by atoms with Gasteiger partial charge < -0.3 is 19.3 Å². The maximum atomic E-state index is 12.0. The Hall–Kier alpha value is -1.29. The maximum Gasteiger partial charge on any atom is 0.469 e. The summed E-state index contributed by atoms with van der Waals surface area (Å²) in [6, 6.07) is 0. The number of nitrogens with one attached hydrogen (secondary N) is 1. The minimum Gasteiger partial charge on any atom is -0.376 e. The Balaban J connectivity index is 2.29. The van der Waals surface area contributed by atoms with E-state index in [2.05, 4.69) is 9.51 Å². The Morgan fingerprint density at radius 1 is 1.43 bits per heavy atom. The standard InChI is InChI=1S/C12H19N2O8P/c1-6-4-14(12(16)13-10(6)15)11-9(20-3)7(2)8(22-11)5-21-23(17,18)19/h4,7-9,11H,5H2,1-3H3,(H,13,15,16)(H2,17,18,19). The van der Waals surface area contributed by atoms with E-state index in [1.165, 1.54) is 17.9 Å². The largest absolute Gasteiger partial charge is 0.469 e. The van der Waals surface area contributed by atoms with Crippen molar-refractivity contribution in [2.45, 2.75) is 32.3 Å². The van der Waals surface area contributed by atoms with E-state index in [1.807, 2.05) is 0 Å². The minimum absolute atomic E-state index is 0.296. The number of rotatable bonds is 5. The van der Waals surface area contributed by atoms with Crippen molar-refractivity contribution in [3.63, 3.8) is 0 Å². The summed E-state index contributed by atoms with van der Waals surface area (Å²) in [6.07, 6.45) is -0.722. The third kappa shape index (κ3) is 3.97. The van der Waals surface area contributed by atoms with Crippen LogP contribution in [-0.2, 0) is 18.6 Å². The predicted molar refractivity (Wildman–Crippen MR) is 77.9 cm³/mol. The molecule has 1 aromatic rings. The molecule has 0 spiro atoms. The summed E-state index contributed by atoms with van der Waals surface area (Å²) in [5.41, 5.74) is -0.824. The summed E-state index contributed by atoms with van der Waals surface area (Å²) in [5.74, 6) is -0.296. The van der Waals surface area contributed by atoms with Crippen molar-refractivity contribution in [2.75, 3.05) is 13.7 Å². The van der Waals surface area contributed by atoms with Crippen molar-refractivity contribution in [3.8, 4) is 0 Å². The number of aromatic nitrogens is 2. The van der Waals surface area contributed by atoms with Crippen LogP contribution < -0.4 is 11.2 Å². The topological polar surface area (TPSA) is 140 Å². The summed E-state index contributed by atoms with van der Waals surface area (Å²) in [4.78, 5) is 43.2. The van der Waals surface area contributed by atoms with Crippen LogP contribution in [0, 0.1) is 12.8 Å². The van der Waals surface area contributed by atoms with Gasteiger partial charge in [0.2, 0.25) is 0 Å². The van der Waals surface area contributed by atoms with Gasteiger partial charge in [-0.1, -0.05) is 6.92 Å². The highest BCUT2D eigenvalue weighted by molar-refractivity contribution is 7.46. The van der Waals surface area contributed by atoms with Crippen LogP contribution in [-0.4, -0.2) is 45.3 Å². The van der Waals surface area contributed by atoms with Gasteiger partial charge in [-0.05, 0) is 6.92 Å². The highest BCUT2D eigenvalue weighted by Gasteiger charge is 2.44. The lowest BCUT2D eigenvalue weighted by atomic mass is 10.0. The zero-order valence-corrected chi connectivity index (χ0v) is 13.7. The fraction of sp³-hybridized carbons (Fsp3) is 0.667. The van der Waals surface area contributed by atoms with Crippen molar-refractivity contribution in [1.82, 2.24) is 9.55 Å². The van der Waals surface area contributed by atoms with E-state index in [-0.39, 0.29) is 12.5 Å². The van der Waals surface area contributed by atoms with Gasteiger partial charge in [0.1, 0.15) is 6.10 Å². The van der Waals surface area contributed by atoms with E-state index in [0.29, 0.717) is 5.56 Å². The van der Waals surface area contributed by atoms with E-state index in [1.54, 1.807) is 13.8 Å². The van der Waals surface area contributed by atoms with Gasteiger partial charge in [-0.25, -0.2) is 9.36 Å². The molecule has 4 atom stereocenters. The molecule has 0 bridgehead atoms. The van der Waals surface area contributed by atoms with Crippen LogP contribution in [0.25, 0.3) is 0 Å². The minimum atomic E-state index is -4.63. The molecule has 1 saturated heterocycles. The molecule has 2 rings (SSSR count).